The van der Waals surface area contributed by atoms with E-state index in [1.165, 1.54) is 0 Å². The van der Waals surface area contributed by atoms with Gasteiger partial charge in [-0.25, -0.2) is 17.5 Å². The highest BCUT2D eigenvalue weighted by molar-refractivity contribution is 7.89. The number of carbonyl (C=O) groups is 1. The van der Waals surface area contributed by atoms with Gasteiger partial charge in [-0.15, -0.1) is 0 Å². The lowest BCUT2D eigenvalue weighted by molar-refractivity contribution is -0.385. The van der Waals surface area contributed by atoms with Crippen LogP contribution in [0.2, 0.25) is 0 Å². The first-order chi connectivity index (χ1) is 8.24. The fraction of sp³-hybridized carbons (Fsp3) is 0.222. The molecular weight excluding hydrogens is 267 g/mol. The van der Waals surface area contributed by atoms with Crippen LogP contribution in [0, 0.1) is 15.9 Å². The Hall–Kier alpha value is -1.87. The summed E-state index contributed by atoms with van der Waals surface area (Å²) in [5.41, 5.74) is -0.556. The van der Waals surface area contributed by atoms with Crippen molar-refractivity contribution in [3.63, 3.8) is 0 Å². The molecule has 0 spiro atoms. The Balaban J connectivity index is 3.18. The summed E-state index contributed by atoms with van der Waals surface area (Å²) in [6.45, 7) is 0.636. The summed E-state index contributed by atoms with van der Waals surface area (Å²) < 4.78 is 38.4. The molecule has 1 N–H and O–H groups in total. The van der Waals surface area contributed by atoms with Crippen LogP contribution in [-0.2, 0) is 14.8 Å². The molecule has 1 rings (SSSR count). The summed E-state index contributed by atoms with van der Waals surface area (Å²) in [6, 6.07) is 2.12. The van der Waals surface area contributed by atoms with E-state index in [0.717, 1.165) is 13.0 Å². The predicted octanol–water partition coefficient (Wildman–Crippen LogP) is 0.601. The molecule has 0 aliphatic rings. The van der Waals surface area contributed by atoms with E-state index in [0.29, 0.717) is 12.1 Å². The lowest BCUT2D eigenvalue weighted by Crippen LogP contribution is -2.29. The standard InChI is InChI=1S/C9H9FN2O5S/c1-6(13)5-11-18(16,17)9-4-7(12(14)15)2-3-8(9)10/h2-4,11H,5H2,1H3. The van der Waals surface area contributed by atoms with Crippen molar-refractivity contribution in [2.24, 2.45) is 0 Å². The van der Waals surface area contributed by atoms with Crippen molar-refractivity contribution in [2.75, 3.05) is 6.54 Å². The zero-order valence-corrected chi connectivity index (χ0v) is 10.0. The normalized spacial score (nSPS) is 11.2. The summed E-state index contributed by atoms with van der Waals surface area (Å²) >= 11 is 0. The highest BCUT2D eigenvalue weighted by Gasteiger charge is 2.22. The zero-order chi connectivity index (χ0) is 13.9. The zero-order valence-electron chi connectivity index (χ0n) is 9.21. The molecule has 0 atom stereocenters. The smallest absolute Gasteiger partial charge is 0.270 e. The molecule has 0 bridgehead atoms. The van der Waals surface area contributed by atoms with Crippen LogP contribution >= 0.6 is 0 Å². The Morgan fingerprint density at radius 2 is 2.11 bits per heavy atom. The molecule has 0 aromatic heterocycles. The number of non-ortho nitro benzene ring substituents is 1. The predicted molar refractivity (Wildman–Crippen MR) is 58.9 cm³/mol. The SMILES string of the molecule is CC(=O)CNS(=O)(=O)c1cc([N+](=O)[O-])ccc1F. The van der Waals surface area contributed by atoms with Gasteiger partial charge in [0.15, 0.2) is 0 Å². The number of nitro groups is 1. The summed E-state index contributed by atoms with van der Waals surface area (Å²) in [5, 5.41) is 10.5. The molecule has 9 heteroatoms. The summed E-state index contributed by atoms with van der Waals surface area (Å²) in [7, 11) is -4.29. The number of nitrogens with one attached hydrogen (secondary N) is 1. The third kappa shape index (κ3) is 3.31. The minimum Gasteiger partial charge on any atom is -0.299 e. The lowest BCUT2D eigenvalue weighted by Gasteiger charge is -2.05. The number of carbonyl (C=O) groups excluding carboxylic acids is 1. The Labute approximate surface area is 102 Å². The van der Waals surface area contributed by atoms with Gasteiger partial charge in [-0.1, -0.05) is 0 Å². The maximum absolute atomic E-state index is 13.3. The molecule has 0 heterocycles. The van der Waals surface area contributed by atoms with Crippen molar-refractivity contribution in [1.82, 2.24) is 4.72 Å². The molecular formula is C9H9FN2O5S. The van der Waals surface area contributed by atoms with Crippen LogP contribution in [0.1, 0.15) is 6.92 Å². The maximum atomic E-state index is 13.3. The molecule has 0 radical (unpaired) electrons. The Morgan fingerprint density at radius 1 is 1.50 bits per heavy atom. The Morgan fingerprint density at radius 3 is 2.61 bits per heavy atom. The van der Waals surface area contributed by atoms with E-state index in [1.807, 2.05) is 4.72 Å². The average molecular weight is 276 g/mol. The van der Waals surface area contributed by atoms with Crippen molar-refractivity contribution in [3.8, 4) is 0 Å². The number of nitro benzene ring substituents is 1. The van der Waals surface area contributed by atoms with Crippen molar-refractivity contribution in [3.05, 3.63) is 34.1 Å². The third-order valence-electron chi connectivity index (χ3n) is 1.93. The minimum absolute atomic E-state index is 0.468. The summed E-state index contributed by atoms with van der Waals surface area (Å²) in [6.07, 6.45) is 0. The minimum atomic E-state index is -4.29. The second-order valence-electron chi connectivity index (χ2n) is 3.40. The Kier molecular flexibility index (Phi) is 4.09. The van der Waals surface area contributed by atoms with Gasteiger partial charge in [-0.2, -0.15) is 0 Å². The summed E-state index contributed by atoms with van der Waals surface area (Å²) in [4.78, 5) is 19.4. The molecule has 7 nitrogen and oxygen atoms in total. The number of halogens is 1. The number of hydrogen-bond donors (Lipinski definition) is 1. The topological polar surface area (TPSA) is 106 Å². The number of sulfonamides is 1. The van der Waals surface area contributed by atoms with Crippen molar-refractivity contribution in [1.29, 1.82) is 0 Å². The molecule has 0 saturated heterocycles. The van der Waals surface area contributed by atoms with Gasteiger partial charge in [0.05, 0.1) is 11.5 Å². The number of ketones is 1. The number of Topliss-reactive ketones (excluding diaryl/α,β-unsaturated/α-hetero) is 1. The molecule has 0 amide bonds. The van der Waals surface area contributed by atoms with Crippen LogP contribution in [0.4, 0.5) is 10.1 Å². The van der Waals surface area contributed by atoms with Gasteiger partial charge in [0.25, 0.3) is 5.69 Å². The molecule has 0 aliphatic carbocycles. The van der Waals surface area contributed by atoms with Crippen molar-refractivity contribution in [2.45, 2.75) is 11.8 Å². The fourth-order valence-corrected chi connectivity index (χ4v) is 2.24. The molecule has 0 aliphatic heterocycles. The van der Waals surface area contributed by atoms with Gasteiger partial charge in [-0.3, -0.25) is 14.9 Å². The van der Waals surface area contributed by atoms with Crippen LogP contribution in [0.25, 0.3) is 0 Å². The molecule has 18 heavy (non-hydrogen) atoms. The lowest BCUT2D eigenvalue weighted by atomic mass is 10.3. The number of rotatable bonds is 5. The van der Waals surface area contributed by atoms with Gasteiger partial charge in [-0.05, 0) is 13.0 Å². The molecule has 98 valence electrons. The first-order valence-corrected chi connectivity index (χ1v) is 6.15. The van der Waals surface area contributed by atoms with E-state index in [2.05, 4.69) is 0 Å². The van der Waals surface area contributed by atoms with Crippen LogP contribution in [0.5, 0.6) is 0 Å². The van der Waals surface area contributed by atoms with Gasteiger partial charge >= 0.3 is 0 Å². The van der Waals surface area contributed by atoms with Crippen molar-refractivity contribution < 1.29 is 22.5 Å². The second-order valence-corrected chi connectivity index (χ2v) is 5.13. The first-order valence-electron chi connectivity index (χ1n) is 4.67. The monoisotopic (exact) mass is 276 g/mol. The third-order valence-corrected chi connectivity index (χ3v) is 3.34. The molecule has 1 aromatic carbocycles. The van der Waals surface area contributed by atoms with Gasteiger partial charge in [0.1, 0.15) is 16.5 Å². The average Bonchev–Trinajstić information content (AvgIpc) is 2.26. The van der Waals surface area contributed by atoms with Gasteiger partial charge in [0.2, 0.25) is 10.0 Å². The van der Waals surface area contributed by atoms with Crippen LogP contribution in [0.3, 0.4) is 0 Å². The van der Waals surface area contributed by atoms with E-state index in [-0.39, 0.29) is 0 Å². The molecule has 0 fully saturated rings. The van der Waals surface area contributed by atoms with E-state index in [9.17, 15) is 27.7 Å². The maximum Gasteiger partial charge on any atom is 0.270 e. The number of hydrogen-bond acceptors (Lipinski definition) is 5. The molecule has 0 saturated carbocycles. The highest BCUT2D eigenvalue weighted by Crippen LogP contribution is 2.20. The quantitative estimate of drug-likeness (QED) is 0.626. The Bertz CT molecular complexity index is 599. The van der Waals surface area contributed by atoms with Gasteiger partial charge < -0.3 is 0 Å². The van der Waals surface area contributed by atoms with Crippen molar-refractivity contribution >= 4 is 21.5 Å². The van der Waals surface area contributed by atoms with E-state index >= 15 is 0 Å². The highest BCUT2D eigenvalue weighted by atomic mass is 32.2. The van der Waals surface area contributed by atoms with Gasteiger partial charge in [0, 0.05) is 12.1 Å². The van der Waals surface area contributed by atoms with E-state index in [4.69, 9.17) is 0 Å². The molecule has 1 aromatic rings. The van der Waals surface area contributed by atoms with E-state index < -0.39 is 43.7 Å². The first kappa shape index (κ1) is 14.2. The number of benzene rings is 1. The molecule has 0 unspecified atom stereocenters. The summed E-state index contributed by atoms with van der Waals surface area (Å²) in [5.74, 6) is -1.60. The largest absolute Gasteiger partial charge is 0.299 e. The fourth-order valence-electron chi connectivity index (χ4n) is 1.09. The van der Waals surface area contributed by atoms with Crippen LogP contribution in [-0.4, -0.2) is 25.7 Å². The van der Waals surface area contributed by atoms with Crippen LogP contribution < -0.4 is 4.72 Å². The van der Waals surface area contributed by atoms with Crippen LogP contribution in [0.15, 0.2) is 23.1 Å². The second kappa shape index (κ2) is 5.19. The number of nitrogens with zero attached hydrogens (tertiary/aromatic N) is 1. The van der Waals surface area contributed by atoms with E-state index in [1.54, 1.807) is 0 Å².